The van der Waals surface area contributed by atoms with E-state index in [0.29, 0.717) is 0 Å². The molecule has 0 aliphatic carbocycles. The molecule has 0 radical (unpaired) electrons. The number of thiophene rings is 1. The number of rotatable bonds is 9. The van der Waals surface area contributed by atoms with Gasteiger partial charge in [-0.2, -0.15) is 10.2 Å². The van der Waals surface area contributed by atoms with Crippen LogP contribution >= 0.6 is 11.3 Å². The van der Waals surface area contributed by atoms with Crippen LogP contribution in [0.3, 0.4) is 0 Å². The van der Waals surface area contributed by atoms with Crippen molar-refractivity contribution < 1.29 is 4.79 Å². The summed E-state index contributed by atoms with van der Waals surface area (Å²) in [7, 11) is 0. The number of carbonyl (C=O) groups excluding carboxylic acids is 1. The molecule has 0 atom stereocenters. The monoisotopic (exact) mass is 358 g/mol. The van der Waals surface area contributed by atoms with E-state index >= 15 is 0 Å². The molecule has 1 amide bonds. The first kappa shape index (κ1) is 18.1. The molecule has 3 heterocycles. The molecular weight excluding hydrogens is 332 g/mol. The number of nitrogens with zero attached hydrogens (tertiary/aromatic N) is 3. The largest absolute Gasteiger partial charge is 0.355 e. The maximum absolute atomic E-state index is 12.3. The predicted molar refractivity (Wildman–Crippen MR) is 100 cm³/mol. The van der Waals surface area contributed by atoms with Crippen LogP contribution in [-0.2, 0) is 11.2 Å². The molecule has 0 aromatic carbocycles. The summed E-state index contributed by atoms with van der Waals surface area (Å²) in [4.78, 5) is 16.1. The number of hydrogen-bond acceptors (Lipinski definition) is 5. The van der Waals surface area contributed by atoms with Crippen LogP contribution in [0.25, 0.3) is 0 Å². The summed E-state index contributed by atoms with van der Waals surface area (Å²) in [5, 5.41) is 13.6. The summed E-state index contributed by atoms with van der Waals surface area (Å²) < 4.78 is 0. The number of amides is 1. The van der Waals surface area contributed by atoms with Crippen molar-refractivity contribution in [1.29, 1.82) is 0 Å². The second-order valence-corrected chi connectivity index (χ2v) is 7.91. The van der Waals surface area contributed by atoms with Gasteiger partial charge in [0.2, 0.25) is 5.91 Å². The molecule has 0 bridgehead atoms. The summed E-state index contributed by atoms with van der Waals surface area (Å²) >= 11 is 1.74. The fraction of sp³-hybridized carbons (Fsp3) is 0.632. The third-order valence-corrected chi connectivity index (χ3v) is 6.03. The van der Waals surface area contributed by atoms with Gasteiger partial charge in [-0.05, 0) is 43.8 Å². The predicted octanol–water partition coefficient (Wildman–Crippen LogP) is 3.08. The molecule has 5 nitrogen and oxygen atoms in total. The molecule has 1 saturated heterocycles. The average Bonchev–Trinajstić information content (AvgIpc) is 3.22. The second kappa shape index (κ2) is 8.59. The highest BCUT2D eigenvalue weighted by molar-refractivity contribution is 7.09. The molecule has 134 valence electrons. The summed E-state index contributed by atoms with van der Waals surface area (Å²) in [6.07, 6.45) is 10.7. The summed E-state index contributed by atoms with van der Waals surface area (Å²) in [5.74, 6) is 3.04. The van der Waals surface area contributed by atoms with Crippen molar-refractivity contribution in [3.8, 4) is 12.3 Å². The first-order valence-electron chi connectivity index (χ1n) is 9.11. The molecule has 1 N–H and O–H groups in total. The van der Waals surface area contributed by atoms with Gasteiger partial charge >= 0.3 is 0 Å². The number of piperidine rings is 1. The molecule has 2 aliphatic rings. The van der Waals surface area contributed by atoms with Crippen molar-refractivity contribution >= 4 is 17.2 Å². The minimum Gasteiger partial charge on any atom is -0.355 e. The molecule has 1 aromatic rings. The van der Waals surface area contributed by atoms with Crippen molar-refractivity contribution in [3.63, 3.8) is 0 Å². The van der Waals surface area contributed by atoms with Crippen LogP contribution in [0.15, 0.2) is 27.7 Å². The molecule has 0 unspecified atom stereocenters. The van der Waals surface area contributed by atoms with Crippen molar-refractivity contribution in [3.05, 3.63) is 22.4 Å². The van der Waals surface area contributed by atoms with E-state index in [1.54, 1.807) is 11.3 Å². The Balaban J connectivity index is 1.30. The Labute approximate surface area is 153 Å². The Morgan fingerprint density at radius 2 is 2.20 bits per heavy atom. The van der Waals surface area contributed by atoms with E-state index in [2.05, 4.69) is 43.9 Å². The molecule has 2 aliphatic heterocycles. The maximum atomic E-state index is 12.3. The van der Waals surface area contributed by atoms with Crippen molar-refractivity contribution in [2.75, 3.05) is 26.2 Å². The number of terminal acetylenes is 1. The second-order valence-electron chi connectivity index (χ2n) is 6.87. The lowest BCUT2D eigenvalue weighted by molar-refractivity contribution is -0.126. The fourth-order valence-electron chi connectivity index (χ4n) is 3.33. The van der Waals surface area contributed by atoms with Gasteiger partial charge < -0.3 is 10.2 Å². The molecule has 25 heavy (non-hydrogen) atoms. The zero-order chi connectivity index (χ0) is 17.5. The molecule has 0 saturated carbocycles. The minimum atomic E-state index is -0.192. The van der Waals surface area contributed by atoms with E-state index in [1.165, 1.54) is 4.88 Å². The van der Waals surface area contributed by atoms with E-state index < -0.39 is 0 Å². The van der Waals surface area contributed by atoms with E-state index in [4.69, 9.17) is 6.42 Å². The number of nitrogens with one attached hydrogen (secondary N) is 1. The van der Waals surface area contributed by atoms with Crippen LogP contribution in [-0.4, -0.2) is 42.6 Å². The molecule has 6 heteroatoms. The van der Waals surface area contributed by atoms with Gasteiger partial charge in [0.1, 0.15) is 0 Å². The van der Waals surface area contributed by atoms with Crippen LogP contribution in [0.4, 0.5) is 0 Å². The number of likely N-dealkylation sites (tertiary alicyclic amines) is 1. The van der Waals surface area contributed by atoms with Crippen molar-refractivity contribution in [2.45, 2.75) is 44.2 Å². The van der Waals surface area contributed by atoms with E-state index in [-0.39, 0.29) is 17.5 Å². The van der Waals surface area contributed by atoms with Gasteiger partial charge in [0.15, 0.2) is 5.66 Å². The Hall–Kier alpha value is -1.71. The number of hydrogen-bond donors (Lipinski definition) is 1. The SMILES string of the molecule is C#CCCC1(CCN2CCC(C(=O)NCCc3cccs3)CC2)N=N1. The zero-order valence-electron chi connectivity index (χ0n) is 14.6. The highest BCUT2D eigenvalue weighted by atomic mass is 32.1. The molecule has 1 aromatic heterocycles. The van der Waals surface area contributed by atoms with Gasteiger partial charge in [0, 0.05) is 43.1 Å². The Bertz CT molecular complexity index is 620. The maximum Gasteiger partial charge on any atom is 0.223 e. The Morgan fingerprint density at radius 3 is 2.84 bits per heavy atom. The number of carbonyl (C=O) groups is 1. The minimum absolute atomic E-state index is 0.158. The van der Waals surface area contributed by atoms with Gasteiger partial charge in [-0.25, -0.2) is 0 Å². The van der Waals surface area contributed by atoms with Crippen LogP contribution in [0.1, 0.15) is 37.0 Å². The van der Waals surface area contributed by atoms with E-state index in [9.17, 15) is 4.79 Å². The lowest BCUT2D eigenvalue weighted by atomic mass is 9.95. The van der Waals surface area contributed by atoms with Gasteiger partial charge in [0.05, 0.1) is 0 Å². The van der Waals surface area contributed by atoms with Crippen LogP contribution in [0, 0.1) is 18.3 Å². The standard InChI is InChI=1S/C19H26N4OS/c1-2-3-9-19(21-22-19)10-14-23-12-7-16(8-13-23)18(24)20-11-6-17-5-4-15-25-17/h1,4-5,15-16H,3,6-14H2,(H,20,24). The van der Waals surface area contributed by atoms with Crippen molar-refractivity contribution in [2.24, 2.45) is 16.1 Å². The molecule has 1 fully saturated rings. The molecular formula is C19H26N4OS. The third-order valence-electron chi connectivity index (χ3n) is 5.09. The summed E-state index contributed by atoms with van der Waals surface area (Å²) in [6.45, 7) is 3.69. The highest BCUT2D eigenvalue weighted by Gasteiger charge is 2.39. The lowest BCUT2D eigenvalue weighted by Crippen LogP contribution is -2.41. The Kier molecular flexibility index (Phi) is 6.22. The quantitative estimate of drug-likeness (QED) is 0.690. The fourth-order valence-corrected chi connectivity index (χ4v) is 4.04. The van der Waals surface area contributed by atoms with Crippen LogP contribution in [0.5, 0.6) is 0 Å². The normalized spacial score (nSPS) is 19.5. The smallest absolute Gasteiger partial charge is 0.223 e. The molecule has 3 rings (SSSR count). The lowest BCUT2D eigenvalue weighted by Gasteiger charge is -2.31. The van der Waals surface area contributed by atoms with E-state index in [1.807, 2.05) is 0 Å². The Morgan fingerprint density at radius 1 is 1.40 bits per heavy atom. The van der Waals surface area contributed by atoms with Crippen LogP contribution in [0.2, 0.25) is 0 Å². The van der Waals surface area contributed by atoms with Gasteiger partial charge in [0.25, 0.3) is 0 Å². The first-order valence-corrected chi connectivity index (χ1v) is 9.99. The first-order chi connectivity index (χ1) is 12.2. The van der Waals surface area contributed by atoms with E-state index in [0.717, 1.165) is 64.7 Å². The van der Waals surface area contributed by atoms with Crippen molar-refractivity contribution in [1.82, 2.24) is 10.2 Å². The highest BCUT2D eigenvalue weighted by Crippen LogP contribution is 2.36. The topological polar surface area (TPSA) is 57.1 Å². The van der Waals surface area contributed by atoms with Crippen LogP contribution < -0.4 is 5.32 Å². The average molecular weight is 359 g/mol. The zero-order valence-corrected chi connectivity index (χ0v) is 15.4. The molecule has 0 spiro atoms. The third kappa shape index (κ3) is 5.38. The summed E-state index contributed by atoms with van der Waals surface area (Å²) in [6, 6.07) is 4.17. The van der Waals surface area contributed by atoms with Gasteiger partial charge in [-0.15, -0.1) is 23.7 Å². The summed E-state index contributed by atoms with van der Waals surface area (Å²) in [5.41, 5.74) is -0.192. The van der Waals surface area contributed by atoms with Gasteiger partial charge in [-0.1, -0.05) is 6.07 Å². The van der Waals surface area contributed by atoms with Gasteiger partial charge in [-0.3, -0.25) is 4.79 Å².